The average molecular weight is 636 g/mol. The molecule has 3 nitrogen and oxygen atoms in total. The Morgan fingerprint density at radius 3 is 1.68 bits per heavy atom. The summed E-state index contributed by atoms with van der Waals surface area (Å²) in [5, 5.41) is 7.73. The number of hydrogen-bond donors (Lipinski definition) is 0. The van der Waals surface area contributed by atoms with Crippen LogP contribution >= 0.6 is 0 Å². The molecule has 0 aliphatic carbocycles. The molecular weight excluding hydrogens is 607 g/mol. The molecule has 0 saturated carbocycles. The highest BCUT2D eigenvalue weighted by Crippen LogP contribution is 2.39. The molecule has 0 fully saturated rings. The van der Waals surface area contributed by atoms with Gasteiger partial charge in [-0.1, -0.05) is 133 Å². The molecule has 0 radical (unpaired) electrons. The first kappa shape index (κ1) is 28.3. The molecule has 3 aromatic heterocycles. The van der Waals surface area contributed by atoms with Gasteiger partial charge in [0.25, 0.3) is 0 Å². The summed E-state index contributed by atoms with van der Waals surface area (Å²) in [6.45, 7) is 0. The van der Waals surface area contributed by atoms with Crippen LogP contribution in [0.2, 0.25) is 0 Å². The van der Waals surface area contributed by atoms with Gasteiger partial charge in [-0.15, -0.1) is 0 Å². The van der Waals surface area contributed by atoms with Crippen LogP contribution in [0.1, 0.15) is 0 Å². The van der Waals surface area contributed by atoms with E-state index in [2.05, 4.69) is 170 Å². The van der Waals surface area contributed by atoms with Crippen LogP contribution < -0.4 is 0 Å². The summed E-state index contributed by atoms with van der Waals surface area (Å²) in [5.41, 5.74) is 11.4. The van der Waals surface area contributed by atoms with Crippen LogP contribution in [0, 0.1) is 0 Å². The molecule has 7 aromatic carbocycles. The van der Waals surface area contributed by atoms with Gasteiger partial charge in [-0.25, -0.2) is 9.97 Å². The highest BCUT2D eigenvalue weighted by Gasteiger charge is 2.17. The lowest BCUT2D eigenvalue weighted by Gasteiger charge is -2.15. The minimum atomic E-state index is 0.856. The molecule has 3 heterocycles. The molecule has 232 valence electrons. The fourth-order valence-corrected chi connectivity index (χ4v) is 7.33. The lowest BCUT2D eigenvalue weighted by molar-refractivity contribution is 1.37. The molecule has 0 amide bonds. The van der Waals surface area contributed by atoms with Gasteiger partial charge in [0.2, 0.25) is 0 Å². The summed E-state index contributed by atoms with van der Waals surface area (Å²) >= 11 is 0. The van der Waals surface area contributed by atoms with E-state index in [0.29, 0.717) is 0 Å². The molecule has 0 N–H and O–H groups in total. The van der Waals surface area contributed by atoms with Gasteiger partial charge in [0.15, 0.2) is 0 Å². The molecule has 10 rings (SSSR count). The molecule has 3 heteroatoms. The highest BCUT2D eigenvalue weighted by atomic mass is 14.8. The predicted octanol–water partition coefficient (Wildman–Crippen LogP) is 12.3. The fourth-order valence-electron chi connectivity index (χ4n) is 7.33. The third-order valence-corrected chi connectivity index (χ3v) is 9.83. The van der Waals surface area contributed by atoms with E-state index in [1.165, 1.54) is 21.9 Å². The largest absolute Gasteiger partial charge is 0.253 e. The Hall–Kier alpha value is -6.71. The van der Waals surface area contributed by atoms with E-state index in [0.717, 1.165) is 77.1 Å². The Labute approximate surface area is 289 Å². The fraction of sp³-hybridized carbons (Fsp3) is 0. The van der Waals surface area contributed by atoms with Crippen molar-refractivity contribution in [3.63, 3.8) is 0 Å². The second-order valence-electron chi connectivity index (χ2n) is 12.8. The van der Waals surface area contributed by atoms with Crippen molar-refractivity contribution >= 4 is 54.3 Å². The summed E-state index contributed by atoms with van der Waals surface area (Å²) in [5.74, 6) is 0. The number of pyridine rings is 3. The summed E-state index contributed by atoms with van der Waals surface area (Å²) < 4.78 is 0. The lowest BCUT2D eigenvalue weighted by atomic mass is 9.93. The van der Waals surface area contributed by atoms with Gasteiger partial charge < -0.3 is 0 Å². The van der Waals surface area contributed by atoms with Crippen molar-refractivity contribution in [1.29, 1.82) is 0 Å². The highest BCUT2D eigenvalue weighted by molar-refractivity contribution is 6.20. The molecular formula is C47H29N3. The van der Waals surface area contributed by atoms with Gasteiger partial charge in [-0.3, -0.25) is 4.98 Å². The van der Waals surface area contributed by atoms with E-state index < -0.39 is 0 Å². The van der Waals surface area contributed by atoms with Crippen molar-refractivity contribution in [2.75, 3.05) is 0 Å². The Morgan fingerprint density at radius 1 is 0.300 bits per heavy atom. The maximum Gasteiger partial charge on any atom is 0.0986 e. The molecule has 0 unspecified atom stereocenters. The second-order valence-corrected chi connectivity index (χ2v) is 12.8. The Kier molecular flexibility index (Phi) is 6.49. The first-order valence-electron chi connectivity index (χ1n) is 16.9. The van der Waals surface area contributed by atoms with Crippen LogP contribution in [-0.4, -0.2) is 15.0 Å². The van der Waals surface area contributed by atoms with Gasteiger partial charge in [-0.05, 0) is 74.8 Å². The van der Waals surface area contributed by atoms with Gasteiger partial charge in [0.1, 0.15) is 0 Å². The predicted molar refractivity (Wildman–Crippen MR) is 209 cm³/mol. The van der Waals surface area contributed by atoms with E-state index in [1.807, 2.05) is 6.20 Å². The van der Waals surface area contributed by atoms with Crippen molar-refractivity contribution < 1.29 is 0 Å². The Balaban J connectivity index is 1.22. The van der Waals surface area contributed by atoms with E-state index in [9.17, 15) is 0 Å². The number of fused-ring (bicyclic) bond motifs is 8. The average Bonchev–Trinajstić information content (AvgIpc) is 3.20. The van der Waals surface area contributed by atoms with Crippen LogP contribution in [0.25, 0.3) is 99.0 Å². The van der Waals surface area contributed by atoms with E-state index >= 15 is 0 Å². The van der Waals surface area contributed by atoms with E-state index in [4.69, 9.17) is 15.0 Å². The van der Waals surface area contributed by atoms with Crippen LogP contribution in [0.4, 0.5) is 0 Å². The third kappa shape index (κ3) is 4.71. The number of nitrogens with zero attached hydrogens (tertiary/aromatic N) is 3. The lowest BCUT2D eigenvalue weighted by Crippen LogP contribution is -1.95. The van der Waals surface area contributed by atoms with E-state index in [-0.39, 0.29) is 0 Å². The molecule has 0 aliphatic heterocycles. The van der Waals surface area contributed by atoms with Crippen LogP contribution in [-0.2, 0) is 0 Å². The minimum Gasteiger partial charge on any atom is -0.253 e. The van der Waals surface area contributed by atoms with Gasteiger partial charge >= 0.3 is 0 Å². The minimum absolute atomic E-state index is 0.856. The second kappa shape index (κ2) is 11.5. The monoisotopic (exact) mass is 635 g/mol. The van der Waals surface area contributed by atoms with Gasteiger partial charge in [-0.2, -0.15) is 0 Å². The number of hydrogen-bond acceptors (Lipinski definition) is 3. The zero-order chi connectivity index (χ0) is 33.0. The normalized spacial score (nSPS) is 11.6. The third-order valence-electron chi connectivity index (χ3n) is 9.83. The van der Waals surface area contributed by atoms with Crippen molar-refractivity contribution in [1.82, 2.24) is 15.0 Å². The molecule has 50 heavy (non-hydrogen) atoms. The standard InChI is InChI=1S/C47H29N3/c1-3-11-30(12-4-1)36-26-37(31-13-5-2-6-14-31)28-38(27-36)44-40-18-10-9-17-39(40)42-29-48-47-41(46(42)50-44)23-21-33-22-24-43(49-45(33)47)35-20-19-32-15-7-8-16-34(32)25-35/h1-29H. The first-order chi connectivity index (χ1) is 24.8. The zero-order valence-electron chi connectivity index (χ0n) is 27.1. The zero-order valence-corrected chi connectivity index (χ0v) is 27.1. The maximum absolute atomic E-state index is 5.53. The van der Waals surface area contributed by atoms with E-state index in [1.54, 1.807) is 0 Å². The van der Waals surface area contributed by atoms with Crippen LogP contribution in [0.3, 0.4) is 0 Å². The smallest absolute Gasteiger partial charge is 0.0986 e. The quantitative estimate of drug-likeness (QED) is 0.181. The SMILES string of the molecule is c1ccc(-c2cc(-c3ccccc3)cc(-c3nc4c(cnc5c4ccc4ccc(-c6ccc7ccccc7c6)nc45)c4ccccc34)c2)cc1. The Bertz CT molecular complexity index is 2860. The molecule has 0 aliphatic rings. The van der Waals surface area contributed by atoms with Crippen molar-refractivity contribution in [3.05, 3.63) is 176 Å². The molecule has 0 atom stereocenters. The molecule has 10 aromatic rings. The summed E-state index contributed by atoms with van der Waals surface area (Å²) in [4.78, 5) is 15.8. The summed E-state index contributed by atoms with van der Waals surface area (Å²) in [6, 6.07) is 60.1. The van der Waals surface area contributed by atoms with Crippen LogP contribution in [0.15, 0.2) is 176 Å². The maximum atomic E-state index is 5.53. The molecule has 0 spiro atoms. The molecule has 0 bridgehead atoms. The Morgan fingerprint density at radius 2 is 0.920 bits per heavy atom. The van der Waals surface area contributed by atoms with Crippen LogP contribution in [0.5, 0.6) is 0 Å². The van der Waals surface area contributed by atoms with Crippen molar-refractivity contribution in [2.24, 2.45) is 0 Å². The number of rotatable bonds is 4. The van der Waals surface area contributed by atoms with Crippen molar-refractivity contribution in [3.8, 4) is 44.8 Å². The van der Waals surface area contributed by atoms with Gasteiger partial charge in [0, 0.05) is 38.9 Å². The molecule has 0 saturated heterocycles. The number of benzene rings is 7. The van der Waals surface area contributed by atoms with Gasteiger partial charge in [0.05, 0.1) is 27.9 Å². The summed E-state index contributed by atoms with van der Waals surface area (Å²) in [6.07, 6.45) is 1.98. The first-order valence-corrected chi connectivity index (χ1v) is 16.9. The van der Waals surface area contributed by atoms with Crippen molar-refractivity contribution in [2.45, 2.75) is 0 Å². The summed E-state index contributed by atoms with van der Waals surface area (Å²) in [7, 11) is 0. The topological polar surface area (TPSA) is 38.7 Å². The number of aromatic nitrogens is 3.